The molecule has 0 spiro atoms. The molecule has 0 saturated carbocycles. The number of hydrogen-bond donors (Lipinski definition) is 1. The molecule has 1 heterocycles. The maximum atomic E-state index is 11.9. The van der Waals surface area contributed by atoms with E-state index in [4.69, 9.17) is 9.47 Å². The number of hydrogen-bond acceptors (Lipinski definition) is 8. The van der Waals surface area contributed by atoms with Gasteiger partial charge in [-0.3, -0.25) is 0 Å². The van der Waals surface area contributed by atoms with Gasteiger partial charge in [-0.25, -0.2) is 9.59 Å². The molecule has 33 heavy (non-hydrogen) atoms. The van der Waals surface area contributed by atoms with Gasteiger partial charge in [-0.15, -0.1) is 10.2 Å². The molecule has 0 radical (unpaired) electrons. The second-order valence-electron chi connectivity index (χ2n) is 6.68. The fourth-order valence-electron chi connectivity index (χ4n) is 3.02. The first kappa shape index (κ1) is 23.9. The van der Waals surface area contributed by atoms with Crippen LogP contribution < -0.4 is 9.47 Å². The van der Waals surface area contributed by atoms with Gasteiger partial charge in [0.25, 0.3) is 0 Å². The van der Waals surface area contributed by atoms with E-state index in [2.05, 4.69) is 14.9 Å². The fourth-order valence-corrected chi connectivity index (χ4v) is 3.90. The molecule has 3 rings (SSSR count). The van der Waals surface area contributed by atoms with Gasteiger partial charge in [-0.05, 0) is 54.6 Å². The molecule has 0 aliphatic heterocycles. The smallest absolute Gasteiger partial charge is 0.342 e. The van der Waals surface area contributed by atoms with Crippen LogP contribution in [0.25, 0.3) is 17.5 Å². The van der Waals surface area contributed by atoms with Crippen LogP contribution in [0.15, 0.2) is 52.5 Å². The highest BCUT2D eigenvalue weighted by Gasteiger charge is 2.19. The Morgan fingerprint density at radius 3 is 2.18 bits per heavy atom. The molecule has 0 unspecified atom stereocenters. The number of esters is 1. The molecule has 0 atom stereocenters. The minimum atomic E-state index is -1.10. The molecule has 1 aromatic heterocycles. The van der Waals surface area contributed by atoms with Crippen molar-refractivity contribution in [2.24, 2.45) is 0 Å². The zero-order valence-electron chi connectivity index (χ0n) is 18.6. The van der Waals surface area contributed by atoms with Crippen LogP contribution in [0.1, 0.15) is 22.8 Å². The summed E-state index contributed by atoms with van der Waals surface area (Å²) in [6, 6.07) is 11.8. The number of aliphatic carboxylic acids is 1. The lowest BCUT2D eigenvalue weighted by Gasteiger charge is -2.10. The molecule has 10 heteroatoms. The molecule has 9 nitrogen and oxygen atoms in total. The lowest BCUT2D eigenvalue weighted by molar-refractivity contribution is -0.131. The standard InChI is InChI=1S/C23H23N3O6S/c1-5-26-20(16-11-17(30-2)13-18(12-16)31-3)24-25-23(26)33-19(21(27)28)10-14-6-8-15(9-7-14)22(29)32-4/h6-13H,5H2,1-4H3,(H,27,28)/b19-10-. The predicted octanol–water partition coefficient (Wildman–Crippen LogP) is 3.99. The molecule has 172 valence electrons. The van der Waals surface area contributed by atoms with Crippen LogP contribution in [-0.2, 0) is 16.1 Å². The van der Waals surface area contributed by atoms with Crippen LogP contribution in [0.3, 0.4) is 0 Å². The number of carbonyl (C=O) groups excluding carboxylic acids is 1. The summed E-state index contributed by atoms with van der Waals surface area (Å²) in [5.74, 6) is 0.198. The van der Waals surface area contributed by atoms with E-state index in [0.29, 0.717) is 40.2 Å². The molecule has 1 N–H and O–H groups in total. The molecule has 0 fully saturated rings. The summed E-state index contributed by atoms with van der Waals surface area (Å²) in [5, 5.41) is 18.7. The molecular weight excluding hydrogens is 446 g/mol. The second kappa shape index (κ2) is 10.7. The van der Waals surface area contributed by atoms with Crippen LogP contribution in [0.4, 0.5) is 0 Å². The van der Waals surface area contributed by atoms with Gasteiger partial charge in [0.15, 0.2) is 11.0 Å². The Kier molecular flexibility index (Phi) is 7.73. The van der Waals surface area contributed by atoms with Crippen molar-refractivity contribution in [2.75, 3.05) is 21.3 Å². The lowest BCUT2D eigenvalue weighted by atomic mass is 10.1. The molecule has 0 amide bonds. The van der Waals surface area contributed by atoms with Gasteiger partial charge in [-0.2, -0.15) is 0 Å². The van der Waals surface area contributed by atoms with Crippen LogP contribution in [0, 0.1) is 0 Å². The van der Waals surface area contributed by atoms with E-state index in [-0.39, 0.29) is 4.91 Å². The maximum absolute atomic E-state index is 11.9. The normalized spacial score (nSPS) is 11.2. The Labute approximate surface area is 195 Å². The minimum absolute atomic E-state index is 0.0534. The summed E-state index contributed by atoms with van der Waals surface area (Å²) in [7, 11) is 4.42. The van der Waals surface area contributed by atoms with Crippen LogP contribution in [-0.4, -0.2) is 53.1 Å². The Morgan fingerprint density at radius 1 is 1.03 bits per heavy atom. The Bertz CT molecular complexity index is 1170. The average molecular weight is 470 g/mol. The average Bonchev–Trinajstić information content (AvgIpc) is 3.25. The van der Waals surface area contributed by atoms with Gasteiger partial charge >= 0.3 is 11.9 Å². The molecule has 0 aliphatic carbocycles. The number of carboxylic acids is 1. The number of carbonyl (C=O) groups is 2. The van der Waals surface area contributed by atoms with Crippen LogP contribution >= 0.6 is 11.8 Å². The lowest BCUT2D eigenvalue weighted by Crippen LogP contribution is -2.03. The second-order valence-corrected chi connectivity index (χ2v) is 7.69. The number of aromatic nitrogens is 3. The highest BCUT2D eigenvalue weighted by Crippen LogP contribution is 2.33. The first-order valence-corrected chi connectivity index (χ1v) is 10.7. The van der Waals surface area contributed by atoms with Crippen LogP contribution in [0.2, 0.25) is 0 Å². The summed E-state index contributed by atoms with van der Waals surface area (Å²) in [4.78, 5) is 23.6. The third-order valence-electron chi connectivity index (χ3n) is 4.68. The van der Waals surface area contributed by atoms with E-state index in [1.807, 2.05) is 23.6 Å². The number of nitrogens with zero attached hydrogens (tertiary/aromatic N) is 3. The van der Waals surface area contributed by atoms with E-state index in [9.17, 15) is 14.7 Å². The monoisotopic (exact) mass is 469 g/mol. The zero-order chi connectivity index (χ0) is 24.0. The highest BCUT2D eigenvalue weighted by molar-refractivity contribution is 8.04. The number of thioether (sulfide) groups is 1. The van der Waals surface area contributed by atoms with E-state index < -0.39 is 11.9 Å². The summed E-state index contributed by atoms with van der Waals surface area (Å²) in [6.07, 6.45) is 1.51. The van der Waals surface area contributed by atoms with Crippen molar-refractivity contribution in [1.82, 2.24) is 14.8 Å². The third-order valence-corrected chi connectivity index (χ3v) is 5.68. The van der Waals surface area contributed by atoms with Crippen molar-refractivity contribution in [3.63, 3.8) is 0 Å². The Balaban J connectivity index is 1.95. The third kappa shape index (κ3) is 5.53. The highest BCUT2D eigenvalue weighted by atomic mass is 32.2. The van der Waals surface area contributed by atoms with Crippen LogP contribution in [0.5, 0.6) is 11.5 Å². The summed E-state index contributed by atoms with van der Waals surface area (Å²) in [6.45, 7) is 2.44. The molecule has 3 aromatic rings. The number of benzene rings is 2. The maximum Gasteiger partial charge on any atom is 0.342 e. The quantitative estimate of drug-likeness (QED) is 0.282. The van der Waals surface area contributed by atoms with E-state index in [1.54, 1.807) is 44.6 Å². The van der Waals surface area contributed by atoms with Crippen molar-refractivity contribution in [3.8, 4) is 22.9 Å². The Morgan fingerprint density at radius 2 is 1.67 bits per heavy atom. The largest absolute Gasteiger partial charge is 0.497 e. The summed E-state index contributed by atoms with van der Waals surface area (Å²) < 4.78 is 17.2. The Hall–Kier alpha value is -3.79. The number of rotatable bonds is 9. The number of carboxylic acid groups (broad SMARTS) is 1. The van der Waals surface area contributed by atoms with E-state index in [1.165, 1.54) is 13.2 Å². The topological polar surface area (TPSA) is 113 Å². The summed E-state index contributed by atoms with van der Waals surface area (Å²) >= 11 is 0.990. The van der Waals surface area contributed by atoms with Gasteiger partial charge in [0, 0.05) is 18.2 Å². The van der Waals surface area contributed by atoms with Gasteiger partial charge in [-0.1, -0.05) is 12.1 Å². The van der Waals surface area contributed by atoms with Gasteiger partial charge in [0.2, 0.25) is 0 Å². The molecular formula is C23H23N3O6S. The molecule has 0 saturated heterocycles. The van der Waals surface area contributed by atoms with Gasteiger partial charge < -0.3 is 23.9 Å². The van der Waals surface area contributed by atoms with E-state index in [0.717, 1.165) is 17.3 Å². The van der Waals surface area contributed by atoms with Crippen molar-refractivity contribution >= 4 is 29.8 Å². The first-order valence-electron chi connectivity index (χ1n) is 9.88. The van der Waals surface area contributed by atoms with Gasteiger partial charge in [0.1, 0.15) is 16.4 Å². The van der Waals surface area contributed by atoms with E-state index >= 15 is 0 Å². The SMILES string of the molecule is CCn1c(S/C(=C\c2ccc(C(=O)OC)cc2)C(=O)O)nnc1-c1cc(OC)cc(OC)c1. The first-order chi connectivity index (χ1) is 15.9. The minimum Gasteiger partial charge on any atom is -0.497 e. The molecule has 0 aliphatic rings. The van der Waals surface area contributed by atoms with Crippen molar-refractivity contribution in [2.45, 2.75) is 18.6 Å². The molecule has 2 aromatic carbocycles. The molecule has 0 bridgehead atoms. The van der Waals surface area contributed by atoms with Gasteiger partial charge in [0.05, 0.1) is 26.9 Å². The number of ether oxygens (including phenoxy) is 3. The zero-order valence-corrected chi connectivity index (χ0v) is 19.4. The van der Waals surface area contributed by atoms with Crippen molar-refractivity contribution in [1.29, 1.82) is 0 Å². The van der Waals surface area contributed by atoms with Crippen molar-refractivity contribution in [3.05, 3.63) is 58.5 Å². The predicted molar refractivity (Wildman–Crippen MR) is 123 cm³/mol. The summed E-state index contributed by atoms with van der Waals surface area (Å²) in [5.41, 5.74) is 1.72. The number of methoxy groups -OCH3 is 3. The fraction of sp³-hybridized carbons (Fsp3) is 0.217. The van der Waals surface area contributed by atoms with Crippen molar-refractivity contribution < 1.29 is 28.9 Å².